The van der Waals surface area contributed by atoms with Crippen molar-refractivity contribution in [1.29, 1.82) is 0 Å². The maximum absolute atomic E-state index is 12.7. The largest absolute Gasteiger partial charge is 0.368 e. The first-order chi connectivity index (χ1) is 11.2. The fourth-order valence-electron chi connectivity index (χ4n) is 3.09. The number of hydrogen-bond acceptors (Lipinski definition) is 2. The number of aryl methyl sites for hydroxylation is 2. The van der Waals surface area contributed by atoms with Crippen LogP contribution in [0.1, 0.15) is 28.4 Å². The number of carbonyl (C=O) groups excluding carboxylic acids is 1. The van der Waals surface area contributed by atoms with E-state index in [0.717, 1.165) is 43.7 Å². The smallest absolute Gasteiger partial charge is 0.254 e. The van der Waals surface area contributed by atoms with Crippen molar-refractivity contribution in [3.63, 3.8) is 0 Å². The monoisotopic (exact) mass is 308 g/mol. The van der Waals surface area contributed by atoms with Crippen molar-refractivity contribution >= 4 is 11.6 Å². The Morgan fingerprint density at radius 3 is 2.22 bits per heavy atom. The molecule has 2 aromatic rings. The van der Waals surface area contributed by atoms with Crippen molar-refractivity contribution in [3.8, 4) is 0 Å². The highest BCUT2D eigenvalue weighted by atomic mass is 16.2. The Balaban J connectivity index is 1.64. The van der Waals surface area contributed by atoms with Gasteiger partial charge in [-0.25, -0.2) is 0 Å². The molecule has 1 heterocycles. The second-order valence-corrected chi connectivity index (χ2v) is 6.11. The normalized spacial score (nSPS) is 14.9. The first kappa shape index (κ1) is 15.6. The summed E-state index contributed by atoms with van der Waals surface area (Å²) >= 11 is 0. The molecule has 0 bridgehead atoms. The van der Waals surface area contributed by atoms with Crippen LogP contribution in [0.25, 0.3) is 0 Å². The number of anilines is 1. The van der Waals surface area contributed by atoms with E-state index in [0.29, 0.717) is 0 Å². The molecule has 0 aromatic heterocycles. The molecule has 0 radical (unpaired) electrons. The minimum atomic E-state index is 0.157. The maximum Gasteiger partial charge on any atom is 0.254 e. The van der Waals surface area contributed by atoms with Crippen LogP contribution in [0.3, 0.4) is 0 Å². The van der Waals surface area contributed by atoms with Crippen LogP contribution in [0.5, 0.6) is 0 Å². The predicted octanol–water partition coefficient (Wildman–Crippen LogP) is 3.52. The molecule has 1 aliphatic heterocycles. The fourth-order valence-corrected chi connectivity index (χ4v) is 3.09. The van der Waals surface area contributed by atoms with Gasteiger partial charge in [-0.1, -0.05) is 37.3 Å². The van der Waals surface area contributed by atoms with Gasteiger partial charge >= 0.3 is 0 Å². The summed E-state index contributed by atoms with van der Waals surface area (Å²) in [5.74, 6) is 0.157. The van der Waals surface area contributed by atoms with Crippen LogP contribution in [-0.2, 0) is 6.42 Å². The van der Waals surface area contributed by atoms with E-state index in [9.17, 15) is 4.79 Å². The van der Waals surface area contributed by atoms with E-state index in [1.54, 1.807) is 0 Å². The third-order valence-corrected chi connectivity index (χ3v) is 4.65. The van der Waals surface area contributed by atoms with Crippen molar-refractivity contribution < 1.29 is 4.79 Å². The van der Waals surface area contributed by atoms with Crippen molar-refractivity contribution in [1.82, 2.24) is 4.90 Å². The van der Waals surface area contributed by atoms with Gasteiger partial charge in [0.15, 0.2) is 0 Å². The van der Waals surface area contributed by atoms with Crippen molar-refractivity contribution in [2.75, 3.05) is 31.1 Å². The fraction of sp³-hybridized carbons (Fsp3) is 0.350. The lowest BCUT2D eigenvalue weighted by atomic mass is 10.1. The standard InChI is InChI=1S/C20H24N2O/c1-3-17-8-10-18(11-9-17)21-12-14-22(15-13-21)20(23)19-7-5-4-6-16(19)2/h4-11H,3,12-15H2,1-2H3. The molecule has 3 heteroatoms. The van der Waals surface area contributed by atoms with Gasteiger partial charge < -0.3 is 9.80 Å². The molecule has 0 N–H and O–H groups in total. The Labute approximate surface area is 138 Å². The molecule has 3 rings (SSSR count). The minimum absolute atomic E-state index is 0.157. The third kappa shape index (κ3) is 3.39. The van der Waals surface area contributed by atoms with E-state index < -0.39 is 0 Å². The van der Waals surface area contributed by atoms with Crippen LogP contribution >= 0.6 is 0 Å². The molecule has 120 valence electrons. The third-order valence-electron chi connectivity index (χ3n) is 4.65. The zero-order chi connectivity index (χ0) is 16.2. The summed E-state index contributed by atoms with van der Waals surface area (Å²) in [7, 11) is 0. The lowest BCUT2D eigenvalue weighted by Crippen LogP contribution is -2.48. The van der Waals surface area contributed by atoms with Gasteiger partial charge in [-0.15, -0.1) is 0 Å². The Morgan fingerprint density at radius 2 is 1.61 bits per heavy atom. The van der Waals surface area contributed by atoms with Gasteiger partial charge in [-0.2, -0.15) is 0 Å². The number of benzene rings is 2. The highest BCUT2D eigenvalue weighted by Gasteiger charge is 2.23. The van der Waals surface area contributed by atoms with Crippen LogP contribution in [0, 0.1) is 6.92 Å². The molecular formula is C20H24N2O. The Bertz CT molecular complexity index is 670. The number of nitrogens with zero attached hydrogens (tertiary/aromatic N) is 2. The first-order valence-corrected chi connectivity index (χ1v) is 8.38. The average Bonchev–Trinajstić information content (AvgIpc) is 2.62. The molecule has 0 atom stereocenters. The van der Waals surface area contributed by atoms with E-state index >= 15 is 0 Å². The molecule has 2 aromatic carbocycles. The topological polar surface area (TPSA) is 23.6 Å². The number of amides is 1. The van der Waals surface area contributed by atoms with Gasteiger partial charge in [0.2, 0.25) is 0 Å². The number of piperazine rings is 1. The maximum atomic E-state index is 12.7. The van der Waals surface area contributed by atoms with Gasteiger partial charge in [0.25, 0.3) is 5.91 Å². The van der Waals surface area contributed by atoms with Crippen molar-refractivity contribution in [3.05, 3.63) is 65.2 Å². The molecule has 0 unspecified atom stereocenters. The van der Waals surface area contributed by atoms with Crippen LogP contribution in [0.15, 0.2) is 48.5 Å². The van der Waals surface area contributed by atoms with Gasteiger partial charge in [0.1, 0.15) is 0 Å². The Morgan fingerprint density at radius 1 is 0.957 bits per heavy atom. The SMILES string of the molecule is CCc1ccc(N2CCN(C(=O)c3ccccc3C)CC2)cc1. The molecule has 1 saturated heterocycles. The summed E-state index contributed by atoms with van der Waals surface area (Å²) in [6, 6.07) is 16.6. The molecule has 1 amide bonds. The van der Waals surface area contributed by atoms with Gasteiger partial charge in [-0.05, 0) is 42.7 Å². The number of hydrogen-bond donors (Lipinski definition) is 0. The van der Waals surface area contributed by atoms with Gasteiger partial charge in [-0.3, -0.25) is 4.79 Å². The second-order valence-electron chi connectivity index (χ2n) is 6.11. The van der Waals surface area contributed by atoms with Gasteiger partial charge in [0, 0.05) is 37.4 Å². The lowest BCUT2D eigenvalue weighted by molar-refractivity contribution is 0.0746. The summed E-state index contributed by atoms with van der Waals surface area (Å²) in [6.07, 6.45) is 1.07. The highest BCUT2D eigenvalue weighted by molar-refractivity contribution is 5.95. The summed E-state index contributed by atoms with van der Waals surface area (Å²) in [6.45, 7) is 7.52. The van der Waals surface area contributed by atoms with Crippen LogP contribution < -0.4 is 4.90 Å². The van der Waals surface area contributed by atoms with Crippen molar-refractivity contribution in [2.24, 2.45) is 0 Å². The molecule has 0 spiro atoms. The van der Waals surface area contributed by atoms with Crippen LogP contribution in [0.2, 0.25) is 0 Å². The van der Waals surface area contributed by atoms with Crippen molar-refractivity contribution in [2.45, 2.75) is 20.3 Å². The lowest BCUT2D eigenvalue weighted by Gasteiger charge is -2.36. The summed E-state index contributed by atoms with van der Waals surface area (Å²) in [5, 5.41) is 0. The summed E-state index contributed by atoms with van der Waals surface area (Å²) in [4.78, 5) is 17.0. The van der Waals surface area contributed by atoms with E-state index in [4.69, 9.17) is 0 Å². The molecule has 1 fully saturated rings. The number of rotatable bonds is 3. The molecular weight excluding hydrogens is 284 g/mol. The second kappa shape index (κ2) is 6.86. The summed E-state index contributed by atoms with van der Waals surface area (Å²) < 4.78 is 0. The average molecular weight is 308 g/mol. The summed E-state index contributed by atoms with van der Waals surface area (Å²) in [5.41, 5.74) is 4.50. The quantitative estimate of drug-likeness (QED) is 0.866. The van der Waals surface area contributed by atoms with Crippen LogP contribution in [-0.4, -0.2) is 37.0 Å². The molecule has 0 saturated carbocycles. The zero-order valence-electron chi connectivity index (χ0n) is 14.0. The molecule has 23 heavy (non-hydrogen) atoms. The van der Waals surface area contributed by atoms with E-state index in [1.807, 2.05) is 36.1 Å². The highest BCUT2D eigenvalue weighted by Crippen LogP contribution is 2.19. The Hall–Kier alpha value is -2.29. The van der Waals surface area contributed by atoms with E-state index in [2.05, 4.69) is 36.1 Å². The van der Waals surface area contributed by atoms with Crippen LogP contribution in [0.4, 0.5) is 5.69 Å². The molecule has 1 aliphatic rings. The van der Waals surface area contributed by atoms with E-state index in [1.165, 1.54) is 11.3 Å². The van der Waals surface area contributed by atoms with E-state index in [-0.39, 0.29) is 5.91 Å². The zero-order valence-corrected chi connectivity index (χ0v) is 14.0. The first-order valence-electron chi connectivity index (χ1n) is 8.38. The van der Waals surface area contributed by atoms with Gasteiger partial charge in [0.05, 0.1) is 0 Å². The minimum Gasteiger partial charge on any atom is -0.368 e. The molecule has 3 nitrogen and oxygen atoms in total. The number of carbonyl (C=O) groups is 1. The predicted molar refractivity (Wildman–Crippen MR) is 95.1 cm³/mol. The molecule has 0 aliphatic carbocycles. The Kier molecular flexibility index (Phi) is 4.65.